The molecule has 1 nitrogen and oxygen atoms in total. The van der Waals surface area contributed by atoms with E-state index in [1.54, 1.807) is 0 Å². The van der Waals surface area contributed by atoms with Crippen LogP contribution in [0.15, 0.2) is 0 Å². The first-order chi connectivity index (χ1) is 4.34. The summed E-state index contributed by atoms with van der Waals surface area (Å²) in [7, 11) is 0. The van der Waals surface area contributed by atoms with Crippen LogP contribution in [-0.4, -0.2) is 19.6 Å². The van der Waals surface area contributed by atoms with Crippen LogP contribution in [0.5, 0.6) is 0 Å². The molecule has 0 aromatic heterocycles. The van der Waals surface area contributed by atoms with E-state index in [0.29, 0.717) is 10.6 Å². The van der Waals surface area contributed by atoms with Crippen molar-refractivity contribution >= 4 is 19.6 Å². The first kappa shape index (κ1) is 7.30. The van der Waals surface area contributed by atoms with Crippen molar-refractivity contribution in [3.63, 3.8) is 0 Å². The van der Waals surface area contributed by atoms with Gasteiger partial charge in [0.1, 0.15) is 0 Å². The predicted molar refractivity (Wildman–Crippen MR) is 38.6 cm³/mol. The third-order valence-corrected chi connectivity index (χ3v) is 3.43. The van der Waals surface area contributed by atoms with Crippen molar-refractivity contribution < 1.29 is 4.79 Å². The topological polar surface area (TPSA) is 17.1 Å². The first-order valence-corrected chi connectivity index (χ1v) is 5.99. The summed E-state index contributed by atoms with van der Waals surface area (Å²) in [6.07, 6.45) is 4.92. The number of carbonyl (C=O) groups excluding carboxylic acids is 1. The summed E-state index contributed by atoms with van der Waals surface area (Å²) in [6, 6.07) is 0. The third kappa shape index (κ3) is 1.80. The molecule has 0 spiro atoms. The molecule has 52 valence electrons. The molecule has 0 atom stereocenters. The number of hydrogen-bond donors (Lipinski definition) is 0. The van der Waals surface area contributed by atoms with Crippen molar-refractivity contribution in [1.82, 2.24) is 0 Å². The van der Waals surface area contributed by atoms with Crippen molar-refractivity contribution in [2.24, 2.45) is 5.92 Å². The molecule has 1 saturated carbocycles. The van der Waals surface area contributed by atoms with E-state index in [4.69, 9.17) is 0 Å². The molecule has 0 aliphatic heterocycles. The molecule has 1 aliphatic carbocycles. The van der Waals surface area contributed by atoms with Crippen LogP contribution in [-0.2, 0) is 4.79 Å². The average Bonchev–Trinajstić information content (AvgIpc) is 2.37. The van der Waals surface area contributed by atoms with Gasteiger partial charge in [-0.25, -0.2) is 0 Å². The molecule has 0 amide bonds. The first-order valence-electron chi connectivity index (χ1n) is 3.42. The van der Waals surface area contributed by atoms with Crippen LogP contribution in [0.3, 0.4) is 0 Å². The monoisotopic (exact) mass is 192 g/mol. The Labute approximate surface area is 62.4 Å². The Balaban J connectivity index is 2.32. The van der Waals surface area contributed by atoms with Crippen LogP contribution in [0, 0.1) is 5.92 Å². The van der Waals surface area contributed by atoms with Gasteiger partial charge in [-0.3, -0.25) is 0 Å². The summed E-state index contributed by atoms with van der Waals surface area (Å²) in [5, 5.41) is 0. The minimum absolute atomic E-state index is 0.259. The maximum atomic E-state index is 11.0. The van der Waals surface area contributed by atoms with E-state index in [2.05, 4.69) is 0 Å². The number of carbonyl (C=O) groups is 1. The molecule has 1 aliphatic rings. The standard InChI is InChI=1S/C7H12OSe/c1-9-7(8)6-4-2-3-5-6/h6H,2-5H2,1H3. The second kappa shape index (κ2) is 3.38. The van der Waals surface area contributed by atoms with Crippen molar-refractivity contribution in [2.75, 3.05) is 0 Å². The normalized spacial score (nSPS) is 20.6. The van der Waals surface area contributed by atoms with Gasteiger partial charge >= 0.3 is 61.9 Å². The molecule has 2 heteroatoms. The molecule has 0 heterocycles. The van der Waals surface area contributed by atoms with E-state index in [1.807, 2.05) is 5.82 Å². The Kier molecular flexibility index (Phi) is 2.74. The van der Waals surface area contributed by atoms with E-state index in [9.17, 15) is 4.79 Å². The summed E-state index contributed by atoms with van der Waals surface area (Å²) in [5.74, 6) is 2.49. The van der Waals surface area contributed by atoms with Crippen molar-refractivity contribution in [2.45, 2.75) is 31.5 Å². The molecule has 1 fully saturated rings. The van der Waals surface area contributed by atoms with Crippen LogP contribution < -0.4 is 0 Å². The van der Waals surface area contributed by atoms with Crippen molar-refractivity contribution in [3.8, 4) is 0 Å². The Hall–Kier alpha value is 0.189. The van der Waals surface area contributed by atoms with Gasteiger partial charge in [0.25, 0.3) is 0 Å². The van der Waals surface area contributed by atoms with Gasteiger partial charge in [-0.2, -0.15) is 0 Å². The maximum absolute atomic E-state index is 11.0. The minimum atomic E-state index is 0.259. The molecule has 0 aromatic carbocycles. The van der Waals surface area contributed by atoms with E-state index < -0.39 is 0 Å². The molecular weight excluding hydrogens is 179 g/mol. The van der Waals surface area contributed by atoms with E-state index in [0.717, 1.165) is 0 Å². The molecule has 0 N–H and O–H groups in total. The Morgan fingerprint density at radius 2 is 2.00 bits per heavy atom. The van der Waals surface area contributed by atoms with Gasteiger partial charge in [0.2, 0.25) is 0 Å². The van der Waals surface area contributed by atoms with Crippen molar-refractivity contribution in [3.05, 3.63) is 0 Å². The summed E-state index contributed by atoms with van der Waals surface area (Å²) in [5.41, 5.74) is 0. The summed E-state index contributed by atoms with van der Waals surface area (Å²) >= 11 is 0.259. The fourth-order valence-corrected chi connectivity index (χ4v) is 2.52. The van der Waals surface area contributed by atoms with Crippen LogP contribution >= 0.6 is 0 Å². The van der Waals surface area contributed by atoms with E-state index in [1.165, 1.54) is 25.7 Å². The fraction of sp³-hybridized carbons (Fsp3) is 0.857. The molecule has 0 unspecified atom stereocenters. The van der Waals surface area contributed by atoms with Gasteiger partial charge in [-0.05, 0) is 0 Å². The van der Waals surface area contributed by atoms with Gasteiger partial charge in [0, 0.05) is 0 Å². The Morgan fingerprint density at radius 1 is 1.44 bits per heavy atom. The average molecular weight is 191 g/mol. The third-order valence-electron chi connectivity index (χ3n) is 1.89. The fourth-order valence-electron chi connectivity index (χ4n) is 1.33. The Bertz CT molecular complexity index is 105. The van der Waals surface area contributed by atoms with Gasteiger partial charge < -0.3 is 0 Å². The van der Waals surface area contributed by atoms with Gasteiger partial charge in [-0.1, -0.05) is 0 Å². The molecule has 1 rings (SSSR count). The van der Waals surface area contributed by atoms with Crippen LogP contribution in [0.25, 0.3) is 0 Å². The van der Waals surface area contributed by atoms with Gasteiger partial charge in [0.15, 0.2) is 0 Å². The second-order valence-corrected chi connectivity index (χ2v) is 4.21. The SMILES string of the molecule is C[Se]C(=O)C1CCCC1. The zero-order chi connectivity index (χ0) is 6.69. The number of rotatable bonds is 2. The molecule has 0 radical (unpaired) electrons. The van der Waals surface area contributed by atoms with Gasteiger partial charge in [-0.15, -0.1) is 0 Å². The molecular formula is C7H12OSe. The zero-order valence-electron chi connectivity index (χ0n) is 5.72. The molecule has 0 saturated heterocycles. The second-order valence-electron chi connectivity index (χ2n) is 2.50. The molecule has 9 heavy (non-hydrogen) atoms. The van der Waals surface area contributed by atoms with Crippen LogP contribution in [0.2, 0.25) is 5.82 Å². The van der Waals surface area contributed by atoms with E-state index >= 15 is 0 Å². The van der Waals surface area contributed by atoms with Gasteiger partial charge in [0.05, 0.1) is 0 Å². The number of hydrogen-bond acceptors (Lipinski definition) is 1. The summed E-state index contributed by atoms with van der Waals surface area (Å²) in [6.45, 7) is 0. The quantitative estimate of drug-likeness (QED) is 0.604. The predicted octanol–water partition coefficient (Wildman–Crippen LogP) is 1.46. The Morgan fingerprint density at radius 3 is 2.44 bits per heavy atom. The summed E-state index contributed by atoms with van der Waals surface area (Å²) in [4.78, 5) is 11.0. The molecule has 0 bridgehead atoms. The molecule has 0 aromatic rings. The van der Waals surface area contributed by atoms with Crippen LogP contribution in [0.4, 0.5) is 0 Å². The van der Waals surface area contributed by atoms with E-state index in [-0.39, 0.29) is 15.0 Å². The van der Waals surface area contributed by atoms with Crippen molar-refractivity contribution in [1.29, 1.82) is 0 Å². The van der Waals surface area contributed by atoms with Crippen LogP contribution in [0.1, 0.15) is 25.7 Å². The zero-order valence-corrected chi connectivity index (χ0v) is 7.44. The summed E-state index contributed by atoms with van der Waals surface area (Å²) < 4.78 is 0.542.